The minimum absolute atomic E-state index is 0.0693. The average Bonchev–Trinajstić information content (AvgIpc) is 2.06. The van der Waals surface area contributed by atoms with Gasteiger partial charge in [0, 0.05) is 6.61 Å². The third-order valence-electron chi connectivity index (χ3n) is 1.78. The van der Waals surface area contributed by atoms with E-state index in [1.165, 1.54) is 6.42 Å². The standard InChI is InChI=1S/C8H16O3/c1-7(6-9)11-8-4-2-3-5-10-8/h7-9H,2-6H2,1H3/t7-,8-/m0/s1. The van der Waals surface area contributed by atoms with E-state index in [2.05, 4.69) is 0 Å². The number of hydrogen-bond donors (Lipinski definition) is 1. The first-order valence-electron chi connectivity index (χ1n) is 4.21. The van der Waals surface area contributed by atoms with Gasteiger partial charge in [0.2, 0.25) is 0 Å². The van der Waals surface area contributed by atoms with Crippen molar-refractivity contribution in [3.8, 4) is 0 Å². The third-order valence-corrected chi connectivity index (χ3v) is 1.78. The lowest BCUT2D eigenvalue weighted by Crippen LogP contribution is -2.28. The van der Waals surface area contributed by atoms with E-state index in [0.29, 0.717) is 0 Å². The van der Waals surface area contributed by atoms with Gasteiger partial charge in [0.25, 0.3) is 0 Å². The molecular formula is C8H16O3. The number of aliphatic hydroxyl groups is 1. The molecule has 1 aliphatic heterocycles. The monoisotopic (exact) mass is 160 g/mol. The smallest absolute Gasteiger partial charge is 0.158 e. The van der Waals surface area contributed by atoms with E-state index in [9.17, 15) is 0 Å². The van der Waals surface area contributed by atoms with E-state index in [4.69, 9.17) is 14.6 Å². The van der Waals surface area contributed by atoms with Crippen molar-refractivity contribution in [2.24, 2.45) is 0 Å². The average molecular weight is 160 g/mol. The topological polar surface area (TPSA) is 38.7 Å². The molecule has 0 amide bonds. The Balaban J connectivity index is 2.13. The summed E-state index contributed by atoms with van der Waals surface area (Å²) >= 11 is 0. The van der Waals surface area contributed by atoms with Crippen molar-refractivity contribution in [3.63, 3.8) is 0 Å². The molecule has 1 fully saturated rings. The predicted octanol–water partition coefficient (Wildman–Crippen LogP) is 0.910. The fraction of sp³-hybridized carbons (Fsp3) is 1.00. The van der Waals surface area contributed by atoms with Crippen molar-refractivity contribution in [2.45, 2.75) is 38.6 Å². The second-order valence-electron chi connectivity index (χ2n) is 2.93. The fourth-order valence-corrected chi connectivity index (χ4v) is 1.12. The molecular weight excluding hydrogens is 144 g/mol. The molecule has 1 rings (SSSR count). The van der Waals surface area contributed by atoms with E-state index in [1.54, 1.807) is 0 Å². The normalized spacial score (nSPS) is 28.4. The van der Waals surface area contributed by atoms with Gasteiger partial charge in [-0.25, -0.2) is 0 Å². The molecule has 11 heavy (non-hydrogen) atoms. The van der Waals surface area contributed by atoms with Gasteiger partial charge in [-0.1, -0.05) is 0 Å². The minimum Gasteiger partial charge on any atom is -0.394 e. The lowest BCUT2D eigenvalue weighted by atomic mass is 10.2. The molecule has 1 aliphatic rings. The molecule has 0 unspecified atom stereocenters. The lowest BCUT2D eigenvalue weighted by molar-refractivity contribution is -0.190. The molecule has 0 bridgehead atoms. The summed E-state index contributed by atoms with van der Waals surface area (Å²) < 4.78 is 10.7. The summed E-state index contributed by atoms with van der Waals surface area (Å²) in [6.07, 6.45) is 3.09. The van der Waals surface area contributed by atoms with Crippen LogP contribution in [-0.2, 0) is 9.47 Å². The van der Waals surface area contributed by atoms with E-state index < -0.39 is 0 Å². The molecule has 3 nitrogen and oxygen atoms in total. The van der Waals surface area contributed by atoms with Crippen molar-refractivity contribution in [1.82, 2.24) is 0 Å². The van der Waals surface area contributed by atoms with Gasteiger partial charge in [-0.05, 0) is 26.2 Å². The largest absolute Gasteiger partial charge is 0.394 e. The van der Waals surface area contributed by atoms with Crippen molar-refractivity contribution < 1.29 is 14.6 Å². The fourth-order valence-electron chi connectivity index (χ4n) is 1.12. The Morgan fingerprint density at radius 1 is 1.64 bits per heavy atom. The Hall–Kier alpha value is -0.120. The number of ether oxygens (including phenoxy) is 2. The quantitative estimate of drug-likeness (QED) is 0.667. The maximum Gasteiger partial charge on any atom is 0.158 e. The van der Waals surface area contributed by atoms with Gasteiger partial charge in [-0.15, -0.1) is 0 Å². The van der Waals surface area contributed by atoms with E-state index in [1.807, 2.05) is 6.92 Å². The van der Waals surface area contributed by atoms with Crippen molar-refractivity contribution >= 4 is 0 Å². The molecule has 1 heterocycles. The first kappa shape index (κ1) is 8.97. The van der Waals surface area contributed by atoms with Crippen LogP contribution in [0.5, 0.6) is 0 Å². The Morgan fingerprint density at radius 2 is 2.45 bits per heavy atom. The zero-order chi connectivity index (χ0) is 8.10. The molecule has 0 aromatic carbocycles. The summed E-state index contributed by atoms with van der Waals surface area (Å²) in [5.74, 6) is 0. The Morgan fingerprint density at radius 3 is 3.00 bits per heavy atom. The van der Waals surface area contributed by atoms with E-state index in [-0.39, 0.29) is 19.0 Å². The van der Waals surface area contributed by atoms with Crippen LogP contribution in [-0.4, -0.2) is 30.7 Å². The molecule has 0 radical (unpaired) electrons. The Kier molecular flexibility index (Phi) is 3.83. The second-order valence-corrected chi connectivity index (χ2v) is 2.93. The van der Waals surface area contributed by atoms with Crippen LogP contribution in [0.1, 0.15) is 26.2 Å². The minimum atomic E-state index is -0.0990. The van der Waals surface area contributed by atoms with Crippen molar-refractivity contribution in [2.75, 3.05) is 13.2 Å². The van der Waals surface area contributed by atoms with Gasteiger partial charge in [0.05, 0.1) is 12.7 Å². The molecule has 0 aromatic heterocycles. The number of aliphatic hydroxyl groups excluding tert-OH is 1. The van der Waals surface area contributed by atoms with Gasteiger partial charge in [-0.3, -0.25) is 0 Å². The Bertz CT molecular complexity index is 99.5. The first-order valence-corrected chi connectivity index (χ1v) is 4.21. The molecule has 1 saturated heterocycles. The van der Waals surface area contributed by atoms with Crippen LogP contribution < -0.4 is 0 Å². The number of hydrogen-bond acceptors (Lipinski definition) is 3. The summed E-state index contributed by atoms with van der Waals surface area (Å²) in [6, 6.07) is 0. The highest BCUT2D eigenvalue weighted by Crippen LogP contribution is 2.14. The molecule has 0 spiro atoms. The molecule has 2 atom stereocenters. The second kappa shape index (κ2) is 4.70. The molecule has 0 saturated carbocycles. The maximum absolute atomic E-state index is 8.68. The summed E-state index contributed by atoms with van der Waals surface area (Å²) in [5.41, 5.74) is 0. The Labute approximate surface area is 67.3 Å². The van der Waals surface area contributed by atoms with Crippen molar-refractivity contribution in [3.05, 3.63) is 0 Å². The highest BCUT2D eigenvalue weighted by molar-refractivity contribution is 4.56. The van der Waals surface area contributed by atoms with Crippen LogP contribution >= 0.6 is 0 Å². The molecule has 1 N–H and O–H groups in total. The van der Waals surface area contributed by atoms with E-state index >= 15 is 0 Å². The molecule has 3 heteroatoms. The highest BCUT2D eigenvalue weighted by atomic mass is 16.7. The summed E-state index contributed by atoms with van der Waals surface area (Å²) in [4.78, 5) is 0. The summed E-state index contributed by atoms with van der Waals surface area (Å²) in [6.45, 7) is 2.71. The van der Waals surface area contributed by atoms with Crippen LogP contribution in [0.3, 0.4) is 0 Å². The van der Waals surface area contributed by atoms with Gasteiger partial charge in [-0.2, -0.15) is 0 Å². The van der Waals surface area contributed by atoms with Crippen LogP contribution in [0.15, 0.2) is 0 Å². The van der Waals surface area contributed by atoms with Crippen LogP contribution in [0, 0.1) is 0 Å². The predicted molar refractivity (Wildman–Crippen MR) is 41.2 cm³/mol. The maximum atomic E-state index is 8.68. The van der Waals surface area contributed by atoms with Gasteiger partial charge in [0.15, 0.2) is 6.29 Å². The van der Waals surface area contributed by atoms with Crippen LogP contribution in [0.25, 0.3) is 0 Å². The third kappa shape index (κ3) is 3.18. The van der Waals surface area contributed by atoms with Crippen LogP contribution in [0.4, 0.5) is 0 Å². The molecule has 0 aliphatic carbocycles. The van der Waals surface area contributed by atoms with Crippen LogP contribution in [0.2, 0.25) is 0 Å². The van der Waals surface area contributed by atoms with E-state index in [0.717, 1.165) is 19.4 Å². The summed E-state index contributed by atoms with van der Waals surface area (Å²) in [7, 11) is 0. The van der Waals surface area contributed by atoms with Gasteiger partial charge >= 0.3 is 0 Å². The summed E-state index contributed by atoms with van der Waals surface area (Å²) in [5, 5.41) is 8.68. The zero-order valence-electron chi connectivity index (χ0n) is 6.95. The SMILES string of the molecule is C[C@@H](CO)O[C@H]1CCCCO1. The molecule has 0 aromatic rings. The first-order chi connectivity index (χ1) is 5.33. The van der Waals surface area contributed by atoms with Gasteiger partial charge < -0.3 is 14.6 Å². The van der Waals surface area contributed by atoms with Crippen molar-refractivity contribution in [1.29, 1.82) is 0 Å². The van der Waals surface area contributed by atoms with Gasteiger partial charge in [0.1, 0.15) is 0 Å². The number of rotatable bonds is 3. The molecule has 66 valence electrons. The zero-order valence-corrected chi connectivity index (χ0v) is 6.95. The lowest BCUT2D eigenvalue weighted by Gasteiger charge is -2.25. The highest BCUT2D eigenvalue weighted by Gasteiger charge is 2.16.